The molecule has 2 fully saturated rings. The van der Waals surface area contributed by atoms with Crippen molar-refractivity contribution in [3.8, 4) is 0 Å². The second-order valence-electron chi connectivity index (χ2n) is 32.6. The lowest BCUT2D eigenvalue weighted by Gasteiger charge is -2.30. The van der Waals surface area contributed by atoms with Crippen molar-refractivity contribution in [3.63, 3.8) is 0 Å². The lowest BCUT2D eigenvalue weighted by atomic mass is 9.90. The zero-order chi connectivity index (χ0) is 89.7. The summed E-state index contributed by atoms with van der Waals surface area (Å²) in [7, 11) is 0. The predicted octanol–water partition coefficient (Wildman–Crippen LogP) is 3.40. The molecule has 12 atom stereocenters. The van der Waals surface area contributed by atoms with Crippen LogP contribution in [0.4, 0.5) is 0 Å². The van der Waals surface area contributed by atoms with Gasteiger partial charge in [-0.15, -0.1) is 0 Å². The molecular formula is C83H132N14O22S2. The molecule has 13 amide bonds. The molecule has 4 heterocycles. The highest BCUT2D eigenvalue weighted by molar-refractivity contribution is 7.98. The Morgan fingerprint density at radius 3 is 1.78 bits per heavy atom. The fraction of sp³-hybridized carbons (Fsp3) is 0.723. The molecule has 0 saturated carbocycles. The number of Topliss-reactive ketones (excluding diaryl/α,β-unsaturated/α-hetero) is 2. The number of unbranched alkanes of at least 4 members (excludes halogenated alkanes) is 14. The largest absolute Gasteiger partial charge is 0.481 e. The van der Waals surface area contributed by atoms with E-state index in [-0.39, 0.29) is 112 Å². The summed E-state index contributed by atoms with van der Waals surface area (Å²) in [5.41, 5.74) is 12.0. The summed E-state index contributed by atoms with van der Waals surface area (Å²) in [6.45, 7) is 9.39. The predicted molar refractivity (Wildman–Crippen MR) is 450 cm³/mol. The highest BCUT2D eigenvalue weighted by Gasteiger charge is 2.43. The first-order valence-electron chi connectivity index (χ1n) is 42.8. The highest BCUT2D eigenvalue weighted by atomic mass is 32.2. The number of primary amides is 2. The van der Waals surface area contributed by atoms with E-state index in [0.717, 1.165) is 61.0 Å². The molecule has 1 aromatic rings. The van der Waals surface area contributed by atoms with Crippen molar-refractivity contribution in [1.82, 2.24) is 62.6 Å². The van der Waals surface area contributed by atoms with Gasteiger partial charge in [-0.1, -0.05) is 131 Å². The molecule has 0 aromatic carbocycles. The summed E-state index contributed by atoms with van der Waals surface area (Å²) in [5, 5.41) is 63.4. The Hall–Kier alpha value is -9.33. The average Bonchev–Trinajstić information content (AvgIpc) is 1.81. The number of carboxylic acid groups (broad SMARTS) is 3. The molecule has 38 heteroatoms. The summed E-state index contributed by atoms with van der Waals surface area (Å²) in [6, 6.07) is -8.88. The Morgan fingerprint density at radius 1 is 0.612 bits per heavy atom. The second-order valence-corrected chi connectivity index (χ2v) is 34.7. The smallest absolute Gasteiger partial charge is 0.305 e. The van der Waals surface area contributed by atoms with E-state index in [1.54, 1.807) is 45.9 Å². The number of carboxylic acids is 3. The molecule has 0 aliphatic carbocycles. The Morgan fingerprint density at radius 2 is 1.20 bits per heavy atom. The number of nitrogens with zero attached hydrogens (tertiary/aromatic N) is 3. The van der Waals surface area contributed by atoms with Crippen molar-refractivity contribution in [1.29, 1.82) is 0 Å². The van der Waals surface area contributed by atoms with Crippen molar-refractivity contribution in [2.45, 2.75) is 319 Å². The van der Waals surface area contributed by atoms with Gasteiger partial charge in [0.25, 0.3) is 0 Å². The summed E-state index contributed by atoms with van der Waals surface area (Å²) in [5.74, 6) is -21.8. The summed E-state index contributed by atoms with van der Waals surface area (Å²) < 4.78 is 0. The zero-order valence-electron chi connectivity index (χ0n) is 71.0. The van der Waals surface area contributed by atoms with E-state index in [1.807, 2.05) is 0 Å². The third-order valence-electron chi connectivity index (χ3n) is 21.3. The molecule has 4 rings (SSSR count). The van der Waals surface area contributed by atoms with Crippen LogP contribution >= 0.6 is 23.5 Å². The summed E-state index contributed by atoms with van der Waals surface area (Å²) in [4.78, 5) is 254. The van der Waals surface area contributed by atoms with Crippen LogP contribution in [0.3, 0.4) is 0 Å². The number of carbonyl (C=O) groups is 18. The van der Waals surface area contributed by atoms with Crippen LogP contribution in [-0.2, 0) is 97.8 Å². The first-order valence-corrected chi connectivity index (χ1v) is 45.1. The van der Waals surface area contributed by atoms with E-state index in [2.05, 4.69) is 54.8 Å². The standard InChI is InChI=1S/C83H132N14O22S2/c1-7-8-9-10-11-12-13-14-15-16-17-18-19-20-21-29-68(102)86-37-36-69(103)90-58(40-50(2)3)65(99)42-53(30-33-67(84)101)76(112)93-61-48-120-46-55-25-22-26-56(88-55)47-121-49-62(80(116)91-59(41-51(4)5)82(118)97-39-24-28-64(97)75(85)111)94-78(114)57(32-35-72(107)108)89-70(104)45-87-81(117)74(52(6)98)95-77(113)54(31-34-71(105)106)43-66(100)63-27-23-38-96(63)83(119)60(44-73(109)110)92-79(61)115/h22,25-26,50-54,57-64,74,98H,7-21,23-24,27-49H2,1-6H3,(H2,84,101)(H2,85,111)(H,86,102)(H,87,117)(H,89,104)(H,90,103)(H,91,116)(H,92,115)(H,93,112)(H,94,114)(H,95,113)(H,105,106)(H,107,108)(H,109,110)/t52-,53?,54-,57+,58+,59+,60+,61+,62+,63+,64+,74+/m1/s1. The number of thioether (sulfide) groups is 2. The van der Waals surface area contributed by atoms with Crippen molar-refractivity contribution in [3.05, 3.63) is 29.6 Å². The lowest BCUT2D eigenvalue weighted by molar-refractivity contribution is -0.146. The maximum Gasteiger partial charge on any atom is 0.305 e. The molecule has 36 nitrogen and oxygen atoms in total. The molecule has 1 unspecified atom stereocenters. The first-order chi connectivity index (χ1) is 57.5. The number of hydrogen-bond donors (Lipinski definition) is 15. The van der Waals surface area contributed by atoms with Crippen molar-refractivity contribution < 1.29 is 107 Å². The van der Waals surface area contributed by atoms with Crippen molar-refractivity contribution >= 4 is 130 Å². The van der Waals surface area contributed by atoms with Gasteiger partial charge < -0.3 is 89.5 Å². The normalized spacial score (nSPS) is 21.3. The molecule has 121 heavy (non-hydrogen) atoms. The number of aliphatic hydroxyl groups excluding tert-OH is 1. The van der Waals surface area contributed by atoms with E-state index in [4.69, 9.17) is 16.5 Å². The Kier molecular flexibility index (Phi) is 48.5. The third-order valence-corrected chi connectivity index (χ3v) is 23.4. The summed E-state index contributed by atoms with van der Waals surface area (Å²) >= 11 is 2.06. The van der Waals surface area contributed by atoms with Crippen molar-refractivity contribution in [2.24, 2.45) is 35.1 Å². The number of aliphatic carboxylic acids is 3. The van der Waals surface area contributed by atoms with Gasteiger partial charge in [0.15, 0.2) is 11.6 Å². The van der Waals surface area contributed by atoms with Crippen LogP contribution < -0.4 is 59.3 Å². The van der Waals surface area contributed by atoms with Crippen LogP contribution in [0.1, 0.15) is 258 Å². The van der Waals surface area contributed by atoms with Crippen LogP contribution in [0, 0.1) is 23.7 Å². The van der Waals surface area contributed by atoms with Gasteiger partial charge >= 0.3 is 17.9 Å². The lowest BCUT2D eigenvalue weighted by Crippen LogP contribution is -2.59. The quantitative estimate of drug-likeness (QED) is 0.0416. The van der Waals surface area contributed by atoms with Crippen LogP contribution in [-0.4, -0.2) is 240 Å². The van der Waals surface area contributed by atoms with Gasteiger partial charge in [-0.2, -0.15) is 23.5 Å². The van der Waals surface area contributed by atoms with Gasteiger partial charge in [-0.3, -0.25) is 91.3 Å². The third kappa shape index (κ3) is 40.5. The fourth-order valence-corrected chi connectivity index (χ4v) is 16.6. The highest BCUT2D eigenvalue weighted by Crippen LogP contribution is 2.27. The Labute approximate surface area is 717 Å². The number of aromatic nitrogens is 1. The molecular weight excluding hydrogens is 1610 g/mol. The van der Waals surface area contributed by atoms with Crippen LogP contribution in [0.2, 0.25) is 0 Å². The summed E-state index contributed by atoms with van der Waals surface area (Å²) in [6.07, 6.45) is 11.0. The second kappa shape index (κ2) is 56.4. The number of hydrogen-bond acceptors (Lipinski definition) is 22. The molecule has 0 spiro atoms. The number of fused-ring (bicyclic) bond motifs is 3. The van der Waals surface area contributed by atoms with Gasteiger partial charge in [-0.05, 0) is 95.1 Å². The minimum absolute atomic E-state index is 0.00483. The maximum atomic E-state index is 15.0. The Bertz CT molecular complexity index is 3650. The monoisotopic (exact) mass is 1740 g/mol. The minimum atomic E-state index is -1.97. The molecule has 2 saturated heterocycles. The van der Waals surface area contributed by atoms with Gasteiger partial charge in [0.1, 0.15) is 42.3 Å². The first kappa shape index (κ1) is 104. The van der Waals surface area contributed by atoms with E-state index in [0.29, 0.717) is 24.2 Å². The number of amides is 13. The number of likely N-dealkylation sites (tertiary alicyclic amines) is 1. The van der Waals surface area contributed by atoms with Gasteiger partial charge in [0.05, 0.1) is 42.5 Å². The van der Waals surface area contributed by atoms with E-state index < -0.39 is 231 Å². The van der Waals surface area contributed by atoms with Crippen LogP contribution in [0.5, 0.6) is 0 Å². The maximum absolute atomic E-state index is 15.0. The Balaban J connectivity index is 1.71. The fourth-order valence-electron chi connectivity index (χ4n) is 14.7. The van der Waals surface area contributed by atoms with Gasteiger partial charge in [0, 0.05) is 99.4 Å². The zero-order valence-corrected chi connectivity index (χ0v) is 72.7. The molecule has 0 radical (unpaired) electrons. The SMILES string of the molecule is CCCCCCCCCCCCCCCCCC(=O)NCCC(=O)N[C@@H](CC(C)C)C(=O)CC(CCC(N)=O)C(=O)N[C@H]1CSCc2cccc(n2)CSC[C@@H](C(=O)N[C@@H](CC(C)C)C(=O)N2CCC[C@H]2C(N)=O)NC(=O)[C@H](CCC(=O)O)NC(=O)CNC(=O)[C@H]([C@@H](C)O)NC(=O)[C@H](CCC(=O)O)CC(=O)[C@@H]2CCCN2C(=O)[C@H](CC(=O)O)NC1=O. The van der Waals surface area contributed by atoms with E-state index in [1.165, 1.54) is 69.1 Å². The van der Waals surface area contributed by atoms with Crippen molar-refractivity contribution in [2.75, 3.05) is 37.7 Å². The molecule has 2 bridgehead atoms. The number of pyridine rings is 1. The molecule has 1 aromatic heterocycles. The number of ketones is 2. The number of nitrogens with one attached hydrogen (secondary N) is 9. The number of aliphatic hydroxyl groups is 1. The van der Waals surface area contributed by atoms with Gasteiger partial charge in [0.2, 0.25) is 76.8 Å². The van der Waals surface area contributed by atoms with Crippen LogP contribution in [0.25, 0.3) is 0 Å². The van der Waals surface area contributed by atoms with Gasteiger partial charge in [-0.25, -0.2) is 0 Å². The van der Waals surface area contributed by atoms with E-state index in [9.17, 15) is 107 Å². The van der Waals surface area contributed by atoms with Crippen LogP contribution in [0.15, 0.2) is 18.2 Å². The molecule has 3 aliphatic rings. The van der Waals surface area contributed by atoms with E-state index >= 15 is 0 Å². The minimum Gasteiger partial charge on any atom is -0.481 e. The average molecular weight is 1740 g/mol. The molecule has 17 N–H and O–H groups in total. The topological polar surface area (TPSA) is 568 Å². The number of nitrogens with two attached hydrogens (primary N) is 2. The number of rotatable bonds is 45. The molecule has 3 aliphatic heterocycles. The number of carbonyl (C=O) groups excluding carboxylic acids is 15. The molecule has 678 valence electrons.